The van der Waals surface area contributed by atoms with Crippen LogP contribution in [0.5, 0.6) is 0 Å². The monoisotopic (exact) mass is 294 g/mol. The second kappa shape index (κ2) is 9.74. The van der Waals surface area contributed by atoms with Gasteiger partial charge in [0.1, 0.15) is 0 Å². The van der Waals surface area contributed by atoms with Crippen molar-refractivity contribution in [3.8, 4) is 0 Å². The first kappa shape index (κ1) is 27.4. The molecule has 0 aliphatic rings. The van der Waals surface area contributed by atoms with Gasteiger partial charge >= 0.3 is 37.7 Å². The van der Waals surface area contributed by atoms with Gasteiger partial charge in [0.2, 0.25) is 0 Å². The zero-order valence-corrected chi connectivity index (χ0v) is 17.5. The summed E-state index contributed by atoms with van der Waals surface area (Å²) in [6.07, 6.45) is 5.87. The smallest absolute Gasteiger partial charge is 0.687 e. The van der Waals surface area contributed by atoms with Crippen LogP contribution in [0.3, 0.4) is 0 Å². The van der Waals surface area contributed by atoms with E-state index in [2.05, 4.69) is 79.9 Å². The molecule has 2 nitrogen and oxygen atoms in total. The van der Waals surface area contributed by atoms with Gasteiger partial charge in [-0.1, -0.05) is 82.1 Å². The van der Waals surface area contributed by atoms with Crippen molar-refractivity contribution in [1.29, 1.82) is 0 Å². The molecular weight excluding hydrogens is 258 g/mol. The Kier molecular flexibility index (Phi) is 12.1. The molecule has 0 aromatic carbocycles. The largest absolute Gasteiger partial charge is 1.00 e. The van der Waals surface area contributed by atoms with Gasteiger partial charge < -0.3 is 10.6 Å². The van der Waals surface area contributed by atoms with E-state index in [9.17, 15) is 0 Å². The Morgan fingerprint density at radius 3 is 0.955 bits per heavy atom. The van der Waals surface area contributed by atoms with E-state index in [1.807, 2.05) is 12.4 Å². The fraction of sp³-hybridized carbons (Fsp3) is 0.889. The molecule has 0 saturated heterocycles. The van der Waals surface area contributed by atoms with Gasteiger partial charge in [0.15, 0.2) is 0 Å². The van der Waals surface area contributed by atoms with E-state index in [0.29, 0.717) is 10.8 Å². The first-order chi connectivity index (χ1) is 8.62. The molecule has 0 aliphatic carbocycles. The molecule has 0 aromatic heterocycles. The number of nitrogens with zero attached hydrogens (tertiary/aromatic N) is 2. The first-order valence-corrected chi connectivity index (χ1v) is 7.71. The van der Waals surface area contributed by atoms with Crippen LogP contribution >= 0.6 is 0 Å². The molecule has 0 atom stereocenters. The van der Waals surface area contributed by atoms with Crippen LogP contribution in [0.15, 0.2) is 12.4 Å². The van der Waals surface area contributed by atoms with Gasteiger partial charge in [0.25, 0.3) is 0 Å². The predicted octanol–water partition coefficient (Wildman–Crippen LogP) is 0.643. The van der Waals surface area contributed by atoms with E-state index >= 15 is 0 Å². The molecule has 4 heteroatoms. The van der Waals surface area contributed by atoms with Crippen molar-refractivity contribution in [3.05, 3.63) is 23.0 Å². The molecule has 0 unspecified atom stereocenters. The Hall–Kier alpha value is 0.535. The number of hydrogen-bond acceptors (Lipinski definition) is 0. The first-order valence-electron chi connectivity index (χ1n) is 7.71. The van der Waals surface area contributed by atoms with Crippen LogP contribution in [0.2, 0.25) is 0 Å². The van der Waals surface area contributed by atoms with Gasteiger partial charge in [-0.15, -0.1) is 11.1 Å². The molecule has 0 radical (unpaired) electrons. The van der Waals surface area contributed by atoms with E-state index in [-0.39, 0.29) is 48.8 Å². The molecule has 22 heavy (non-hydrogen) atoms. The van der Waals surface area contributed by atoms with Crippen molar-refractivity contribution in [2.45, 2.75) is 93.2 Å². The van der Waals surface area contributed by atoms with Crippen molar-refractivity contribution in [1.82, 2.24) is 0 Å². The summed E-state index contributed by atoms with van der Waals surface area (Å²) in [7, 11) is 0. The van der Waals surface area contributed by atoms with Gasteiger partial charge in [-0.2, -0.15) is 0 Å². The maximum Gasteiger partial charge on any atom is 1.00 e. The van der Waals surface area contributed by atoms with Crippen molar-refractivity contribution >= 4 is 0 Å². The van der Waals surface area contributed by atoms with Crippen LogP contribution in [-0.4, -0.2) is 11.1 Å². The molecule has 0 spiro atoms. The summed E-state index contributed by atoms with van der Waals surface area (Å²) in [6.45, 7) is 22.3. The molecule has 0 amide bonds. The van der Waals surface area contributed by atoms with Gasteiger partial charge in [-0.3, -0.25) is 0 Å². The molecule has 0 N–H and O–H groups in total. The third kappa shape index (κ3) is 16.9. The second-order valence-corrected chi connectivity index (χ2v) is 9.66. The SMILES string of the molecule is CC(C)(C)CC(C)(C)[N-]C=C[N-]C(C)(C)CC(C)(C)C.[Li+].[Li+]. The summed E-state index contributed by atoms with van der Waals surface area (Å²) >= 11 is 0. The Bertz CT molecular complexity index is 289. The Balaban J connectivity index is -0.00000180. The van der Waals surface area contributed by atoms with Crippen LogP contribution in [0.1, 0.15) is 82.1 Å². The van der Waals surface area contributed by atoms with Crippen LogP contribution in [0.25, 0.3) is 10.6 Å². The molecule has 0 aromatic rings. The summed E-state index contributed by atoms with van der Waals surface area (Å²) in [4.78, 5) is 0. The molecule has 0 bridgehead atoms. The van der Waals surface area contributed by atoms with Crippen LogP contribution < -0.4 is 37.7 Å². The molecular formula is C18H36Li2N2. The van der Waals surface area contributed by atoms with E-state index < -0.39 is 0 Å². The van der Waals surface area contributed by atoms with Crippen LogP contribution in [-0.2, 0) is 0 Å². The summed E-state index contributed by atoms with van der Waals surface area (Å²) in [5, 5.41) is 9.33. The molecule has 0 rings (SSSR count). The molecule has 120 valence electrons. The third-order valence-corrected chi connectivity index (χ3v) is 2.84. The average molecular weight is 294 g/mol. The fourth-order valence-electron chi connectivity index (χ4n) is 3.16. The van der Waals surface area contributed by atoms with Crippen molar-refractivity contribution < 1.29 is 37.7 Å². The minimum atomic E-state index is -0.0293. The van der Waals surface area contributed by atoms with Gasteiger partial charge in [0, 0.05) is 0 Å². The minimum Gasteiger partial charge on any atom is -0.687 e. The minimum absolute atomic E-state index is 0. The van der Waals surface area contributed by atoms with Crippen LogP contribution in [0.4, 0.5) is 0 Å². The van der Waals surface area contributed by atoms with E-state index in [0.717, 1.165) is 12.8 Å². The maximum absolute atomic E-state index is 4.67. The number of rotatable bonds is 6. The fourth-order valence-corrected chi connectivity index (χ4v) is 3.16. The standard InChI is InChI=1S/C18H36N2.2Li/c1-15(2,3)13-17(7,8)19-11-12-20-18(9,10)14-16(4,5)6;;/h11-12H,13-14H2,1-10H3;;/q-2;2*+1. The zero-order chi connectivity index (χ0) is 16.2. The van der Waals surface area contributed by atoms with Crippen LogP contribution in [0, 0.1) is 10.8 Å². The summed E-state index contributed by atoms with van der Waals surface area (Å²) < 4.78 is 0. The normalized spacial score (nSPS) is 13.4. The number of hydrogen-bond donors (Lipinski definition) is 0. The van der Waals surface area contributed by atoms with Crippen molar-refractivity contribution in [2.24, 2.45) is 10.8 Å². The zero-order valence-electron chi connectivity index (χ0n) is 17.5. The van der Waals surface area contributed by atoms with Gasteiger partial charge in [-0.05, 0) is 10.8 Å². The molecule has 0 aliphatic heterocycles. The third-order valence-electron chi connectivity index (χ3n) is 2.84. The summed E-state index contributed by atoms with van der Waals surface area (Å²) in [5.74, 6) is 0. The predicted molar refractivity (Wildman–Crippen MR) is 92.2 cm³/mol. The second-order valence-electron chi connectivity index (χ2n) is 9.66. The van der Waals surface area contributed by atoms with Crippen molar-refractivity contribution in [2.75, 3.05) is 0 Å². The molecule has 0 saturated carbocycles. The van der Waals surface area contributed by atoms with Crippen molar-refractivity contribution in [3.63, 3.8) is 0 Å². The van der Waals surface area contributed by atoms with E-state index in [1.54, 1.807) is 0 Å². The summed E-state index contributed by atoms with van der Waals surface area (Å²) in [5.41, 5.74) is 0.532. The quantitative estimate of drug-likeness (QED) is 0.643. The van der Waals surface area contributed by atoms with Gasteiger partial charge in [-0.25, -0.2) is 12.4 Å². The Morgan fingerprint density at radius 1 is 0.545 bits per heavy atom. The summed E-state index contributed by atoms with van der Waals surface area (Å²) in [6, 6.07) is 0. The maximum atomic E-state index is 4.67. The van der Waals surface area contributed by atoms with E-state index in [1.165, 1.54) is 0 Å². The van der Waals surface area contributed by atoms with Gasteiger partial charge in [0.05, 0.1) is 0 Å². The molecule has 0 fully saturated rings. The molecule has 0 heterocycles. The Morgan fingerprint density at radius 2 is 0.773 bits per heavy atom. The average Bonchev–Trinajstić information content (AvgIpc) is 2.04. The Labute approximate surface area is 164 Å². The van der Waals surface area contributed by atoms with E-state index in [4.69, 9.17) is 0 Å². The topological polar surface area (TPSA) is 28.2 Å².